The lowest BCUT2D eigenvalue weighted by Gasteiger charge is -2.26. The first-order valence-electron chi connectivity index (χ1n) is 10.9. The van der Waals surface area contributed by atoms with Gasteiger partial charge in [-0.1, -0.05) is 44.2 Å². The molecule has 4 rings (SSSR count). The largest absolute Gasteiger partial charge is 0.449 e. The average Bonchev–Trinajstić information content (AvgIpc) is 3.13. The van der Waals surface area contributed by atoms with Crippen LogP contribution in [0.2, 0.25) is 0 Å². The predicted molar refractivity (Wildman–Crippen MR) is 112 cm³/mol. The van der Waals surface area contributed by atoms with Crippen molar-refractivity contribution in [1.82, 2.24) is 4.90 Å². The highest BCUT2D eigenvalue weighted by atomic mass is 16.5. The fourth-order valence-corrected chi connectivity index (χ4v) is 4.46. The van der Waals surface area contributed by atoms with Gasteiger partial charge in [-0.3, -0.25) is 9.59 Å². The molecule has 1 aromatic heterocycles. The Morgan fingerprint density at radius 1 is 1.07 bits per heavy atom. The number of amides is 2. The summed E-state index contributed by atoms with van der Waals surface area (Å²) in [5.74, 6) is 0.740. The number of ether oxygens (including phenoxy) is 1. The van der Waals surface area contributed by atoms with Crippen LogP contribution < -0.4 is 5.32 Å². The van der Waals surface area contributed by atoms with Crippen molar-refractivity contribution in [2.45, 2.75) is 51.4 Å². The lowest BCUT2D eigenvalue weighted by molar-refractivity contribution is -0.116. The molecular formula is C23H30N2O4. The molecule has 6 heteroatoms. The first kappa shape index (κ1) is 20.0. The minimum Gasteiger partial charge on any atom is -0.449 e. The average molecular weight is 399 g/mol. The zero-order valence-electron chi connectivity index (χ0n) is 17.0. The molecule has 2 amide bonds. The lowest BCUT2D eigenvalue weighted by Crippen LogP contribution is -2.40. The van der Waals surface area contributed by atoms with E-state index in [1.807, 2.05) is 24.3 Å². The molecule has 1 saturated heterocycles. The van der Waals surface area contributed by atoms with Gasteiger partial charge in [-0.05, 0) is 30.9 Å². The van der Waals surface area contributed by atoms with Gasteiger partial charge in [0.05, 0.1) is 13.2 Å². The van der Waals surface area contributed by atoms with E-state index in [4.69, 9.17) is 9.15 Å². The zero-order chi connectivity index (χ0) is 20.1. The number of hydrogen-bond donors (Lipinski definition) is 1. The minimum atomic E-state index is -0.193. The normalized spacial score (nSPS) is 18.1. The maximum atomic E-state index is 13.0. The number of para-hydroxylation sites is 1. The Hall–Kier alpha value is -2.34. The molecule has 2 aromatic rings. The fraction of sp³-hybridized carbons (Fsp3) is 0.565. The van der Waals surface area contributed by atoms with E-state index in [1.165, 1.54) is 32.1 Å². The van der Waals surface area contributed by atoms with Crippen molar-refractivity contribution in [3.63, 3.8) is 0 Å². The third-order valence-corrected chi connectivity index (χ3v) is 6.09. The molecule has 0 radical (unpaired) electrons. The number of carbonyl (C=O) groups is 2. The fourth-order valence-electron chi connectivity index (χ4n) is 4.46. The van der Waals surface area contributed by atoms with Gasteiger partial charge in [0.25, 0.3) is 5.91 Å². The first-order valence-corrected chi connectivity index (χ1v) is 10.9. The van der Waals surface area contributed by atoms with Gasteiger partial charge in [-0.15, -0.1) is 0 Å². The van der Waals surface area contributed by atoms with Crippen molar-refractivity contribution in [2.24, 2.45) is 5.92 Å². The molecular weight excluding hydrogens is 368 g/mol. The molecule has 1 N–H and O–H groups in total. The van der Waals surface area contributed by atoms with Crippen LogP contribution >= 0.6 is 0 Å². The summed E-state index contributed by atoms with van der Waals surface area (Å²) in [6.45, 7) is 2.11. The summed E-state index contributed by atoms with van der Waals surface area (Å²) in [6, 6.07) is 7.46. The van der Waals surface area contributed by atoms with E-state index in [0.717, 1.165) is 24.1 Å². The highest BCUT2D eigenvalue weighted by molar-refractivity contribution is 6.10. The maximum Gasteiger partial charge on any atom is 0.291 e. The number of benzene rings is 1. The summed E-state index contributed by atoms with van der Waals surface area (Å²) in [5, 5.41) is 3.75. The number of morpholine rings is 1. The number of furan rings is 1. The summed E-state index contributed by atoms with van der Waals surface area (Å²) in [6.07, 6.45) is 9.07. The number of nitrogens with zero attached hydrogens (tertiary/aromatic N) is 1. The molecule has 6 nitrogen and oxygen atoms in total. The van der Waals surface area contributed by atoms with E-state index in [-0.39, 0.29) is 17.6 Å². The third-order valence-electron chi connectivity index (χ3n) is 6.09. The first-order chi connectivity index (χ1) is 14.2. The van der Waals surface area contributed by atoms with Gasteiger partial charge < -0.3 is 19.4 Å². The second-order valence-corrected chi connectivity index (χ2v) is 8.15. The molecule has 156 valence electrons. The summed E-state index contributed by atoms with van der Waals surface area (Å²) in [7, 11) is 0. The van der Waals surface area contributed by atoms with Crippen LogP contribution in [0, 0.1) is 5.92 Å². The minimum absolute atomic E-state index is 0.0524. The smallest absolute Gasteiger partial charge is 0.291 e. The Balaban J connectivity index is 1.45. The van der Waals surface area contributed by atoms with E-state index in [2.05, 4.69) is 5.32 Å². The van der Waals surface area contributed by atoms with Crippen LogP contribution in [0.5, 0.6) is 0 Å². The van der Waals surface area contributed by atoms with E-state index < -0.39 is 0 Å². The van der Waals surface area contributed by atoms with Gasteiger partial charge in [0.15, 0.2) is 0 Å². The number of anilines is 1. The highest BCUT2D eigenvalue weighted by Crippen LogP contribution is 2.32. The van der Waals surface area contributed by atoms with Crippen LogP contribution in [-0.2, 0) is 9.53 Å². The Labute approximate surface area is 171 Å². The Morgan fingerprint density at radius 2 is 1.83 bits per heavy atom. The molecule has 0 atom stereocenters. The van der Waals surface area contributed by atoms with Crippen LogP contribution in [0.4, 0.5) is 5.69 Å². The number of hydrogen-bond acceptors (Lipinski definition) is 4. The van der Waals surface area contributed by atoms with Crippen molar-refractivity contribution in [1.29, 1.82) is 0 Å². The highest BCUT2D eigenvalue weighted by Gasteiger charge is 2.27. The van der Waals surface area contributed by atoms with Gasteiger partial charge in [-0.2, -0.15) is 0 Å². The van der Waals surface area contributed by atoms with Gasteiger partial charge in [-0.25, -0.2) is 0 Å². The predicted octanol–water partition coefficient (Wildman–Crippen LogP) is 4.59. The molecule has 1 aliphatic carbocycles. The van der Waals surface area contributed by atoms with Crippen LogP contribution in [0.1, 0.15) is 61.9 Å². The monoisotopic (exact) mass is 398 g/mol. The molecule has 2 fully saturated rings. The van der Waals surface area contributed by atoms with Crippen molar-refractivity contribution in [3.8, 4) is 0 Å². The Bertz CT molecular complexity index is 848. The lowest BCUT2D eigenvalue weighted by atomic mass is 9.86. The molecule has 29 heavy (non-hydrogen) atoms. The molecule has 0 bridgehead atoms. The molecule has 0 spiro atoms. The summed E-state index contributed by atoms with van der Waals surface area (Å²) < 4.78 is 11.2. The van der Waals surface area contributed by atoms with Gasteiger partial charge in [0.1, 0.15) is 11.3 Å². The Morgan fingerprint density at radius 3 is 2.62 bits per heavy atom. The molecule has 2 heterocycles. The second-order valence-electron chi connectivity index (χ2n) is 8.15. The number of nitrogens with one attached hydrogen (secondary N) is 1. The Kier molecular flexibility index (Phi) is 6.49. The van der Waals surface area contributed by atoms with Crippen LogP contribution in [0.25, 0.3) is 11.0 Å². The summed E-state index contributed by atoms with van der Waals surface area (Å²) >= 11 is 0. The summed E-state index contributed by atoms with van der Waals surface area (Å²) in [4.78, 5) is 27.4. The van der Waals surface area contributed by atoms with Crippen molar-refractivity contribution in [3.05, 3.63) is 30.0 Å². The van der Waals surface area contributed by atoms with E-state index >= 15 is 0 Å². The SMILES string of the molecule is O=C(CCCC1CCCCC1)Nc1c(C(=O)N2CCOCC2)oc2ccccc12. The van der Waals surface area contributed by atoms with Crippen LogP contribution in [0.3, 0.4) is 0 Å². The third kappa shape index (κ3) is 4.81. The van der Waals surface area contributed by atoms with Crippen LogP contribution in [-0.4, -0.2) is 43.0 Å². The van der Waals surface area contributed by atoms with Gasteiger partial charge >= 0.3 is 0 Å². The number of carbonyl (C=O) groups excluding carboxylic acids is 2. The zero-order valence-corrected chi connectivity index (χ0v) is 17.0. The van der Waals surface area contributed by atoms with E-state index in [1.54, 1.807) is 4.90 Å². The van der Waals surface area contributed by atoms with Crippen molar-refractivity contribution in [2.75, 3.05) is 31.6 Å². The quantitative estimate of drug-likeness (QED) is 0.772. The van der Waals surface area contributed by atoms with Gasteiger partial charge in [0.2, 0.25) is 11.7 Å². The molecule has 1 aliphatic heterocycles. The van der Waals surface area contributed by atoms with Crippen molar-refractivity contribution >= 4 is 28.5 Å². The molecule has 1 saturated carbocycles. The van der Waals surface area contributed by atoms with Crippen molar-refractivity contribution < 1.29 is 18.7 Å². The molecule has 2 aliphatic rings. The van der Waals surface area contributed by atoms with E-state index in [9.17, 15) is 9.59 Å². The molecule has 0 unspecified atom stereocenters. The topological polar surface area (TPSA) is 71.8 Å². The number of rotatable bonds is 6. The standard InChI is InChI=1S/C23H30N2O4/c26-20(12-6-9-17-7-2-1-3-8-17)24-21-18-10-4-5-11-19(18)29-22(21)23(27)25-13-15-28-16-14-25/h4-5,10-11,17H,1-3,6-9,12-16H2,(H,24,26). The molecule has 1 aromatic carbocycles. The van der Waals surface area contributed by atoms with E-state index in [0.29, 0.717) is 44.0 Å². The van der Waals surface area contributed by atoms with Gasteiger partial charge in [0, 0.05) is 24.9 Å². The number of fused-ring (bicyclic) bond motifs is 1. The van der Waals surface area contributed by atoms with Crippen LogP contribution in [0.15, 0.2) is 28.7 Å². The second kappa shape index (κ2) is 9.44. The maximum absolute atomic E-state index is 13.0. The summed E-state index contributed by atoms with van der Waals surface area (Å²) in [5.41, 5.74) is 1.11.